The molecule has 10 atom stereocenters. The summed E-state index contributed by atoms with van der Waals surface area (Å²) in [4.78, 5) is 52.8. The fourth-order valence-electron chi connectivity index (χ4n) is 13.6. The molecule has 1 spiro atoms. The zero-order valence-corrected chi connectivity index (χ0v) is 36.5. The lowest BCUT2D eigenvalue weighted by Crippen LogP contribution is -2.81. The molecule has 1 aromatic heterocycles. The van der Waals surface area contributed by atoms with Crippen LogP contribution in [0.3, 0.4) is 0 Å². The quantitative estimate of drug-likeness (QED) is 0.142. The van der Waals surface area contributed by atoms with Gasteiger partial charge in [0.15, 0.2) is 6.10 Å². The maximum atomic E-state index is 15.4. The van der Waals surface area contributed by atoms with Crippen LogP contribution in [-0.2, 0) is 45.8 Å². The van der Waals surface area contributed by atoms with Gasteiger partial charge in [-0.3, -0.25) is 14.5 Å². The third kappa shape index (κ3) is 5.56. The van der Waals surface area contributed by atoms with Gasteiger partial charge < -0.3 is 38.8 Å². The number of aliphatic hydroxyl groups is 1. The second-order valence-electron chi connectivity index (χ2n) is 18.7. The van der Waals surface area contributed by atoms with Crippen molar-refractivity contribution in [3.05, 3.63) is 70.4 Å². The van der Waals surface area contributed by atoms with Gasteiger partial charge >= 0.3 is 17.9 Å². The fraction of sp³-hybridized carbons (Fsp3) is 0.562. The van der Waals surface area contributed by atoms with E-state index in [1.807, 2.05) is 61.4 Å². The average Bonchev–Trinajstić information content (AvgIpc) is 3.91. The number of H-pyrrole nitrogens is 1. The number of halogens is 2. The van der Waals surface area contributed by atoms with Gasteiger partial charge in [0.05, 0.1) is 27.4 Å². The first-order valence-corrected chi connectivity index (χ1v) is 21.7. The molecule has 0 radical (unpaired) electrons. The van der Waals surface area contributed by atoms with E-state index in [-0.39, 0.29) is 31.3 Å². The minimum Gasteiger partial charge on any atom is -0.496 e. The summed E-state index contributed by atoms with van der Waals surface area (Å²) in [6, 6.07) is 8.15. The summed E-state index contributed by atoms with van der Waals surface area (Å²) in [5, 5.41) is 14.2. The second-order valence-corrected chi connectivity index (χ2v) is 18.7. The minimum atomic E-state index is -2.96. The number of ether oxygens (including phenoxy) is 4. The summed E-state index contributed by atoms with van der Waals surface area (Å²) in [5.41, 5.74) is -1.27. The normalized spacial score (nSPS) is 34.7. The molecule has 5 aliphatic heterocycles. The molecule has 3 aromatic rings. The van der Waals surface area contributed by atoms with E-state index >= 15 is 13.6 Å². The zero-order valence-electron chi connectivity index (χ0n) is 36.5. The van der Waals surface area contributed by atoms with Crippen LogP contribution in [0.2, 0.25) is 0 Å². The molecule has 12 nitrogen and oxygen atoms in total. The number of aromatic nitrogens is 1. The van der Waals surface area contributed by atoms with Gasteiger partial charge in [-0.05, 0) is 86.9 Å². The number of rotatable bonds is 7. The van der Waals surface area contributed by atoms with Gasteiger partial charge in [0.25, 0.3) is 0 Å². The standard InChI is InChI=1S/C48H56F2N4O8/c1-9-28-12-13-35-32(21-28)31-14-18-53-25-29(20-30(26-53)44(4,49)50)24-47(38(31)51-35,42(56)60-7)34-22-33-36(23-37(34)59-6)52(5)40-46(33)16-19-54-17-11-15-45(10-2,39(46)54)41(62-27(3)55)48(40,58)43(57)61-8/h1,11-13,15,21-23,29-30,39-41,51,58H,10,14,16-20,24-26H2,2-8H3/t29-,30-,39+,40-,41-,45-,46-,47+,48+/m1/s1. The highest BCUT2D eigenvalue weighted by molar-refractivity contribution is 5.95. The monoisotopic (exact) mass is 854 g/mol. The van der Waals surface area contributed by atoms with Gasteiger partial charge in [-0.15, -0.1) is 6.42 Å². The number of esters is 3. The van der Waals surface area contributed by atoms with E-state index in [1.165, 1.54) is 28.3 Å². The number of terminal acetylenes is 1. The van der Waals surface area contributed by atoms with Crippen molar-refractivity contribution < 1.29 is 47.2 Å². The lowest BCUT2D eigenvalue weighted by Gasteiger charge is -2.63. The molecular weight excluding hydrogens is 799 g/mol. The van der Waals surface area contributed by atoms with Gasteiger partial charge in [0.1, 0.15) is 11.2 Å². The van der Waals surface area contributed by atoms with E-state index in [2.05, 4.69) is 20.7 Å². The number of alkyl halides is 2. The van der Waals surface area contributed by atoms with Crippen LogP contribution < -0.4 is 9.64 Å². The molecule has 62 heavy (non-hydrogen) atoms. The lowest BCUT2D eigenvalue weighted by atomic mass is 9.47. The van der Waals surface area contributed by atoms with E-state index < -0.39 is 63.7 Å². The number of hydrogen-bond acceptors (Lipinski definition) is 11. The first kappa shape index (κ1) is 42.3. The fourth-order valence-corrected chi connectivity index (χ4v) is 13.6. The highest BCUT2D eigenvalue weighted by atomic mass is 19.3. The van der Waals surface area contributed by atoms with Gasteiger partial charge in [0.2, 0.25) is 11.5 Å². The third-order valence-electron chi connectivity index (χ3n) is 15.8. The van der Waals surface area contributed by atoms with Crippen molar-refractivity contribution >= 4 is 34.5 Å². The Hall–Kier alpha value is -4.97. The predicted octanol–water partition coefficient (Wildman–Crippen LogP) is 5.10. The number of fused-ring (bicyclic) bond motifs is 6. The summed E-state index contributed by atoms with van der Waals surface area (Å²) >= 11 is 0. The van der Waals surface area contributed by atoms with Crippen molar-refractivity contribution in [2.45, 2.75) is 93.4 Å². The van der Waals surface area contributed by atoms with E-state index in [9.17, 15) is 14.7 Å². The molecular formula is C48H56F2N4O8. The Morgan fingerprint density at radius 1 is 1.05 bits per heavy atom. The molecule has 330 valence electrons. The Kier molecular flexibility index (Phi) is 9.93. The van der Waals surface area contributed by atoms with E-state index in [1.54, 1.807) is 0 Å². The summed E-state index contributed by atoms with van der Waals surface area (Å²) in [5.74, 6) is -3.34. The van der Waals surface area contributed by atoms with Crippen molar-refractivity contribution in [3.8, 4) is 18.1 Å². The number of carbonyl (C=O) groups excluding carboxylic acids is 3. The van der Waals surface area contributed by atoms with E-state index in [4.69, 9.17) is 25.4 Å². The van der Waals surface area contributed by atoms with Crippen molar-refractivity contribution in [2.24, 2.45) is 17.3 Å². The Morgan fingerprint density at radius 2 is 1.81 bits per heavy atom. The number of nitrogens with one attached hydrogen (secondary N) is 1. The van der Waals surface area contributed by atoms with Gasteiger partial charge in [0, 0.05) is 102 Å². The summed E-state index contributed by atoms with van der Waals surface area (Å²) in [6.45, 7) is 6.62. The van der Waals surface area contributed by atoms with E-state index in [0.29, 0.717) is 73.7 Å². The van der Waals surface area contributed by atoms with Crippen molar-refractivity contribution in [1.29, 1.82) is 0 Å². The molecule has 0 amide bonds. The Morgan fingerprint density at radius 3 is 2.47 bits per heavy atom. The van der Waals surface area contributed by atoms with Gasteiger partial charge in [-0.1, -0.05) is 25.0 Å². The molecule has 2 N–H and O–H groups in total. The molecule has 1 aliphatic carbocycles. The molecule has 2 saturated heterocycles. The number of methoxy groups -OCH3 is 3. The molecule has 3 fully saturated rings. The number of benzene rings is 2. The predicted molar refractivity (Wildman–Crippen MR) is 227 cm³/mol. The largest absolute Gasteiger partial charge is 0.496 e. The first-order chi connectivity index (χ1) is 29.5. The van der Waals surface area contributed by atoms with Crippen LogP contribution in [-0.4, -0.2) is 129 Å². The minimum absolute atomic E-state index is 0.115. The van der Waals surface area contributed by atoms with Crippen LogP contribution in [0, 0.1) is 29.6 Å². The molecule has 2 bridgehead atoms. The lowest BCUT2D eigenvalue weighted by molar-refractivity contribution is -0.228. The Bertz CT molecular complexity index is 2440. The number of aromatic amines is 1. The molecule has 1 unspecified atom stereocenters. The Labute approximate surface area is 360 Å². The SMILES string of the molecule is C#Cc1ccc2[nH]c3c(c2c1)CCN1C[C@H](C[C@@H](C(C)(F)F)C1)C[C@]3(C(=O)OC)c1cc2c(cc1OC)N(C)[C@H]1[C@@](O)(C(=O)OC)[C@H](OC(C)=O)[C@]3(CC)C=CCN4CC[C@]21[C@@H]43. The maximum Gasteiger partial charge on any atom is 0.344 e. The van der Waals surface area contributed by atoms with Crippen molar-refractivity contribution in [3.63, 3.8) is 0 Å². The highest BCUT2D eigenvalue weighted by Crippen LogP contribution is 2.68. The number of nitrogens with zero attached hydrogens (tertiary/aromatic N) is 3. The van der Waals surface area contributed by atoms with Crippen molar-refractivity contribution in [2.75, 3.05) is 66.0 Å². The van der Waals surface area contributed by atoms with Crippen LogP contribution in [0.5, 0.6) is 5.75 Å². The number of likely N-dealkylation sites (N-methyl/N-ethyl adjacent to an activating group) is 1. The highest BCUT2D eigenvalue weighted by Gasteiger charge is 2.80. The van der Waals surface area contributed by atoms with Gasteiger partial charge in [-0.25, -0.2) is 13.6 Å². The van der Waals surface area contributed by atoms with Crippen LogP contribution in [0.25, 0.3) is 10.9 Å². The number of carbonyl (C=O) groups is 3. The second kappa shape index (κ2) is 14.5. The Balaban J connectivity index is 1.37. The van der Waals surface area contributed by atoms with Gasteiger partial charge in [-0.2, -0.15) is 0 Å². The summed E-state index contributed by atoms with van der Waals surface area (Å²) < 4.78 is 54.6. The van der Waals surface area contributed by atoms with Crippen LogP contribution in [0.1, 0.15) is 74.4 Å². The van der Waals surface area contributed by atoms with Crippen molar-refractivity contribution in [1.82, 2.24) is 14.8 Å². The number of anilines is 1. The maximum absolute atomic E-state index is 15.4. The topological polar surface area (TPSA) is 134 Å². The average molecular weight is 855 g/mol. The molecule has 14 heteroatoms. The molecule has 6 heterocycles. The van der Waals surface area contributed by atoms with Crippen LogP contribution in [0.15, 0.2) is 42.5 Å². The number of piperidine rings is 1. The smallest absolute Gasteiger partial charge is 0.344 e. The van der Waals surface area contributed by atoms with Crippen LogP contribution in [0.4, 0.5) is 14.5 Å². The molecule has 1 saturated carbocycles. The molecule has 6 aliphatic rings. The van der Waals surface area contributed by atoms with Crippen LogP contribution >= 0.6 is 0 Å². The van der Waals surface area contributed by atoms with E-state index in [0.717, 1.165) is 29.0 Å². The zero-order chi connectivity index (χ0) is 44.3. The number of hydrogen-bond donors (Lipinski definition) is 2. The molecule has 2 aromatic carbocycles. The first-order valence-electron chi connectivity index (χ1n) is 21.7. The molecule has 9 rings (SSSR count). The third-order valence-corrected chi connectivity index (χ3v) is 15.8. The summed E-state index contributed by atoms with van der Waals surface area (Å²) in [7, 11) is 5.91. The summed E-state index contributed by atoms with van der Waals surface area (Å²) in [6.07, 6.45) is 10.3.